The molecule has 0 amide bonds. The average Bonchev–Trinajstić information content (AvgIpc) is 3.84. The first kappa shape index (κ1) is 29.6. The fraction of sp³-hybridized carbons (Fsp3) is 0.471. The van der Waals surface area contributed by atoms with Gasteiger partial charge in [0, 0.05) is 49.1 Å². The van der Waals surface area contributed by atoms with Gasteiger partial charge in [-0.1, -0.05) is 17.7 Å². The van der Waals surface area contributed by atoms with Crippen LogP contribution in [0.15, 0.2) is 18.2 Å². The molecular weight excluding hydrogens is 651 g/mol. The second-order valence-corrected chi connectivity index (χ2v) is 14.8. The Bertz CT molecular complexity index is 2020. The van der Waals surface area contributed by atoms with Gasteiger partial charge in [0.1, 0.15) is 40.9 Å². The number of nitrogens with two attached hydrogens (primary N) is 1. The van der Waals surface area contributed by atoms with Crippen molar-refractivity contribution in [2.75, 3.05) is 43.5 Å². The van der Waals surface area contributed by atoms with Crippen molar-refractivity contribution in [1.29, 1.82) is 5.26 Å². The standard InChI is InChI=1S/C34H31ClF3N5O3S/c35-28-26(18-2-3-20(37)32-25(18)19(13-39)33(40)47-32)29(38)30-27-22(43-17(4-8-45-31(27)28)10-23-21(43)5-9-44-23)11-24(41-30)46-15-34-6-1-7-42(34)14-16(36)12-34/h2-3,11,16-17,21,23H,1,4-10,12,14-15,40H2/t16-,17-,21+,23+,34+/m1/s1. The van der Waals surface area contributed by atoms with E-state index in [1.165, 1.54) is 12.1 Å². The molecule has 9 rings (SSSR count). The molecule has 2 N–H and O–H groups in total. The summed E-state index contributed by atoms with van der Waals surface area (Å²) in [6.07, 6.45) is 3.63. The molecule has 4 saturated heterocycles. The number of fused-ring (bicyclic) bond motifs is 6. The van der Waals surface area contributed by atoms with E-state index in [0.29, 0.717) is 43.7 Å². The molecule has 0 bridgehead atoms. The molecule has 13 heteroatoms. The van der Waals surface area contributed by atoms with E-state index in [2.05, 4.69) is 15.9 Å². The number of halogens is 4. The van der Waals surface area contributed by atoms with E-state index in [1.54, 1.807) is 0 Å². The highest BCUT2D eigenvalue weighted by molar-refractivity contribution is 7.23. The number of ether oxygens (including phenoxy) is 3. The molecule has 5 atom stereocenters. The van der Waals surface area contributed by atoms with Gasteiger partial charge in [0.25, 0.3) is 0 Å². The van der Waals surface area contributed by atoms with Crippen LogP contribution in [0.1, 0.15) is 44.1 Å². The minimum atomic E-state index is -0.916. The van der Waals surface area contributed by atoms with Crippen molar-refractivity contribution in [2.24, 2.45) is 0 Å². The summed E-state index contributed by atoms with van der Waals surface area (Å²) in [5.74, 6) is -0.828. The maximum atomic E-state index is 17.3. The molecule has 0 saturated carbocycles. The average molecular weight is 682 g/mol. The third-order valence-corrected chi connectivity index (χ3v) is 12.3. The fourth-order valence-electron chi connectivity index (χ4n) is 8.91. The van der Waals surface area contributed by atoms with Crippen LogP contribution >= 0.6 is 22.9 Å². The molecule has 4 fully saturated rings. The molecule has 0 spiro atoms. The zero-order valence-electron chi connectivity index (χ0n) is 25.3. The normalized spacial score (nSPS) is 28.2. The molecule has 7 heterocycles. The highest BCUT2D eigenvalue weighted by Crippen LogP contribution is 2.53. The first-order valence-corrected chi connectivity index (χ1v) is 17.3. The maximum absolute atomic E-state index is 17.3. The second-order valence-electron chi connectivity index (χ2n) is 13.4. The number of thiophene rings is 1. The number of nitrogens with zero attached hydrogens (tertiary/aromatic N) is 4. The van der Waals surface area contributed by atoms with Crippen LogP contribution in [0.2, 0.25) is 5.02 Å². The van der Waals surface area contributed by atoms with Crippen molar-refractivity contribution in [3.8, 4) is 28.8 Å². The summed E-state index contributed by atoms with van der Waals surface area (Å²) in [5, 5.41) is 10.7. The summed E-state index contributed by atoms with van der Waals surface area (Å²) in [6, 6.07) is 6.70. The number of benzene rings is 2. The largest absolute Gasteiger partial charge is 0.491 e. The van der Waals surface area contributed by atoms with E-state index in [0.717, 1.165) is 43.6 Å². The van der Waals surface area contributed by atoms with E-state index in [4.69, 9.17) is 36.5 Å². The van der Waals surface area contributed by atoms with E-state index < -0.39 is 23.3 Å². The van der Waals surface area contributed by atoms with Gasteiger partial charge in [-0.3, -0.25) is 4.90 Å². The zero-order valence-corrected chi connectivity index (χ0v) is 26.9. The van der Waals surface area contributed by atoms with Gasteiger partial charge in [0.2, 0.25) is 5.88 Å². The summed E-state index contributed by atoms with van der Waals surface area (Å²) in [5.41, 5.74) is 6.60. The molecule has 244 valence electrons. The molecule has 5 aliphatic heterocycles. The molecule has 5 aliphatic rings. The van der Waals surface area contributed by atoms with Crippen LogP contribution in [-0.2, 0) is 4.74 Å². The highest BCUT2D eigenvalue weighted by atomic mass is 35.5. The lowest BCUT2D eigenvalue weighted by atomic mass is 9.94. The fourth-order valence-corrected chi connectivity index (χ4v) is 10.2. The molecular formula is C34H31ClF3N5O3S. The van der Waals surface area contributed by atoms with Crippen molar-refractivity contribution in [3.63, 3.8) is 0 Å². The Morgan fingerprint density at radius 2 is 2.11 bits per heavy atom. The number of anilines is 2. The SMILES string of the molecule is N#Cc1c(N)sc2c(F)ccc(-c3c(Cl)c4c5c(cc(OC[C@@]67CCCN6C[C@H](F)C7)nc5c3F)N3[C@H](CCO4)C[C@@H]4OCC[C@@H]43)c12. The molecule has 2 aromatic heterocycles. The first-order chi connectivity index (χ1) is 22.8. The van der Waals surface area contributed by atoms with Gasteiger partial charge in [0.15, 0.2) is 5.82 Å². The maximum Gasteiger partial charge on any atom is 0.216 e. The molecule has 0 aliphatic carbocycles. The van der Waals surface area contributed by atoms with Gasteiger partial charge >= 0.3 is 0 Å². The predicted molar refractivity (Wildman–Crippen MR) is 174 cm³/mol. The predicted octanol–water partition coefficient (Wildman–Crippen LogP) is 6.98. The first-order valence-electron chi connectivity index (χ1n) is 16.1. The Morgan fingerprint density at radius 3 is 2.96 bits per heavy atom. The van der Waals surface area contributed by atoms with E-state index in [1.807, 2.05) is 6.07 Å². The third kappa shape index (κ3) is 4.29. The monoisotopic (exact) mass is 681 g/mol. The number of hydrogen-bond donors (Lipinski definition) is 1. The lowest BCUT2D eigenvalue weighted by Gasteiger charge is -2.35. The number of aromatic nitrogens is 1. The Hall–Kier alpha value is -3.50. The number of nitriles is 1. The molecule has 2 aromatic carbocycles. The summed E-state index contributed by atoms with van der Waals surface area (Å²) < 4.78 is 65.9. The summed E-state index contributed by atoms with van der Waals surface area (Å²) in [7, 11) is 0. The highest BCUT2D eigenvalue weighted by Gasteiger charge is 2.50. The van der Waals surface area contributed by atoms with Gasteiger partial charge in [-0.2, -0.15) is 5.26 Å². The third-order valence-electron chi connectivity index (χ3n) is 10.9. The van der Waals surface area contributed by atoms with Crippen molar-refractivity contribution in [3.05, 3.63) is 40.4 Å². The van der Waals surface area contributed by atoms with Gasteiger partial charge in [-0.05, 0) is 43.9 Å². The molecule has 4 aromatic rings. The van der Waals surface area contributed by atoms with Crippen molar-refractivity contribution in [2.45, 2.75) is 68.4 Å². The van der Waals surface area contributed by atoms with Crippen molar-refractivity contribution < 1.29 is 27.4 Å². The number of nitrogen functional groups attached to an aromatic ring is 1. The van der Waals surface area contributed by atoms with E-state index in [9.17, 15) is 9.65 Å². The lowest BCUT2D eigenvalue weighted by Crippen LogP contribution is -2.43. The van der Waals surface area contributed by atoms with E-state index in [-0.39, 0.29) is 78.7 Å². The minimum Gasteiger partial charge on any atom is -0.491 e. The van der Waals surface area contributed by atoms with Crippen LogP contribution in [0.25, 0.3) is 32.1 Å². The smallest absolute Gasteiger partial charge is 0.216 e. The zero-order chi connectivity index (χ0) is 32.2. The van der Waals surface area contributed by atoms with Gasteiger partial charge in [-0.25, -0.2) is 18.2 Å². The van der Waals surface area contributed by atoms with Crippen LogP contribution in [0.4, 0.5) is 23.9 Å². The number of pyridine rings is 1. The summed E-state index contributed by atoms with van der Waals surface area (Å²) >= 11 is 8.03. The van der Waals surface area contributed by atoms with Crippen LogP contribution in [0, 0.1) is 23.0 Å². The van der Waals surface area contributed by atoms with Crippen LogP contribution in [0.5, 0.6) is 11.6 Å². The molecule has 8 nitrogen and oxygen atoms in total. The Balaban J connectivity index is 1.28. The quantitative estimate of drug-likeness (QED) is 0.247. The van der Waals surface area contributed by atoms with Gasteiger partial charge in [0.05, 0.1) is 50.7 Å². The molecule has 0 unspecified atom stereocenters. The van der Waals surface area contributed by atoms with Crippen molar-refractivity contribution >= 4 is 54.6 Å². The Morgan fingerprint density at radius 1 is 1.23 bits per heavy atom. The van der Waals surface area contributed by atoms with E-state index >= 15 is 8.78 Å². The topological polar surface area (TPSA) is 96.9 Å². The number of alkyl halides is 1. The number of rotatable bonds is 4. The van der Waals surface area contributed by atoms with Crippen LogP contribution in [0.3, 0.4) is 0 Å². The molecule has 0 radical (unpaired) electrons. The Kier molecular flexibility index (Phi) is 6.78. The molecule has 47 heavy (non-hydrogen) atoms. The summed E-state index contributed by atoms with van der Waals surface area (Å²) in [4.78, 5) is 9.22. The van der Waals surface area contributed by atoms with Crippen molar-refractivity contribution in [1.82, 2.24) is 9.88 Å². The van der Waals surface area contributed by atoms with Crippen LogP contribution < -0.4 is 20.1 Å². The van der Waals surface area contributed by atoms with Gasteiger partial charge < -0.3 is 24.8 Å². The Labute approximate surface area is 277 Å². The van der Waals surface area contributed by atoms with Crippen LogP contribution in [-0.4, -0.2) is 72.7 Å². The number of hydrogen-bond acceptors (Lipinski definition) is 9. The van der Waals surface area contributed by atoms with Gasteiger partial charge in [-0.15, -0.1) is 11.3 Å². The second kappa shape index (κ2) is 10.8. The minimum absolute atomic E-state index is 0.00517. The summed E-state index contributed by atoms with van der Waals surface area (Å²) in [6.45, 7) is 2.41. The lowest BCUT2D eigenvalue weighted by molar-refractivity contribution is 0.109.